The van der Waals surface area contributed by atoms with Gasteiger partial charge in [0.1, 0.15) is 0 Å². The number of benzene rings is 1. The molecule has 0 aliphatic carbocycles. The van der Waals surface area contributed by atoms with Crippen LogP contribution >= 0.6 is 17.0 Å². The molecule has 0 fully saturated rings. The number of hydrogen-bond donors (Lipinski definition) is 0. The molecule has 0 aliphatic rings. The van der Waals surface area contributed by atoms with E-state index in [1.54, 1.807) is 0 Å². The summed E-state index contributed by atoms with van der Waals surface area (Å²) in [5.41, 5.74) is 2.52. The second-order valence-corrected chi connectivity index (χ2v) is 28.3. The predicted molar refractivity (Wildman–Crippen MR) is 100 cm³/mol. The summed E-state index contributed by atoms with van der Waals surface area (Å²) < 4.78 is 0. The first-order valence-corrected chi connectivity index (χ1v) is 19.7. The summed E-state index contributed by atoms with van der Waals surface area (Å²) in [6.07, 6.45) is 0. The van der Waals surface area contributed by atoms with Crippen LogP contribution in [0.25, 0.3) is 10.8 Å². The average Bonchev–Trinajstić information content (AvgIpc) is 3.16. The van der Waals surface area contributed by atoms with E-state index < -0.39 is 18.0 Å². The van der Waals surface area contributed by atoms with E-state index >= 15 is 0 Å². The number of rotatable bonds is 0. The van der Waals surface area contributed by atoms with Gasteiger partial charge >= 0.3 is 53.5 Å². The van der Waals surface area contributed by atoms with E-state index in [9.17, 15) is 0 Å². The summed E-state index contributed by atoms with van der Waals surface area (Å²) in [4.78, 5) is 0. The van der Waals surface area contributed by atoms with E-state index in [1.165, 1.54) is 21.9 Å². The van der Waals surface area contributed by atoms with Gasteiger partial charge in [-0.3, -0.25) is 0 Å². The minimum Gasteiger partial charge on any atom is -0.214 e. The van der Waals surface area contributed by atoms with E-state index in [0.717, 1.165) is 0 Å². The maximum absolute atomic E-state index is 5.62. The molecular weight excluding hydrogens is 406 g/mol. The Morgan fingerprint density at radius 2 is 1.45 bits per heavy atom. The van der Waals surface area contributed by atoms with Crippen molar-refractivity contribution in [3.63, 3.8) is 0 Å². The van der Waals surface area contributed by atoms with E-state index in [0.29, 0.717) is 0 Å². The molecule has 0 nitrogen and oxygen atoms in total. The fourth-order valence-electron chi connectivity index (χ4n) is 1.86. The van der Waals surface area contributed by atoms with Crippen LogP contribution in [-0.2, 0) is 18.0 Å². The maximum atomic E-state index is 5.62. The number of fused-ring (bicyclic) bond motifs is 1. The number of hydrogen-bond acceptors (Lipinski definition) is 0. The van der Waals surface area contributed by atoms with Crippen molar-refractivity contribution in [3.8, 4) is 0 Å². The summed E-state index contributed by atoms with van der Waals surface area (Å²) in [6.45, 7) is 8.64. The van der Waals surface area contributed by atoms with Crippen molar-refractivity contribution in [1.82, 2.24) is 0 Å². The summed E-state index contributed by atoms with van der Waals surface area (Å²) in [6, 6.07) is 20.8. The molecular formula is C18H22Cl2SiZr-2. The third kappa shape index (κ3) is 6.96. The van der Waals surface area contributed by atoms with Gasteiger partial charge in [-0.05, 0) is 6.92 Å². The van der Waals surface area contributed by atoms with Gasteiger partial charge in [0.25, 0.3) is 0 Å². The maximum Gasteiger partial charge on any atom is -0.0488 e. The quantitative estimate of drug-likeness (QED) is 0.275. The molecule has 3 aromatic carbocycles. The van der Waals surface area contributed by atoms with Crippen LogP contribution in [-0.4, -0.2) is 5.43 Å². The van der Waals surface area contributed by atoms with Crippen molar-refractivity contribution in [2.24, 2.45) is 0 Å². The van der Waals surface area contributed by atoms with E-state index in [4.69, 9.17) is 17.0 Å². The largest absolute Gasteiger partial charge is 0.214 e. The van der Waals surface area contributed by atoms with Crippen LogP contribution in [0.4, 0.5) is 0 Å². The van der Waals surface area contributed by atoms with E-state index in [-0.39, 0.29) is 5.43 Å². The first-order valence-electron chi connectivity index (χ1n) is 7.20. The van der Waals surface area contributed by atoms with Crippen molar-refractivity contribution in [2.75, 3.05) is 0 Å². The Bertz CT molecular complexity index is 641. The number of halogens is 2. The van der Waals surface area contributed by atoms with Crippen LogP contribution in [0.3, 0.4) is 0 Å². The van der Waals surface area contributed by atoms with Gasteiger partial charge in [0.15, 0.2) is 0 Å². The Kier molecular flexibility index (Phi) is 9.59. The van der Waals surface area contributed by atoms with Gasteiger partial charge in [-0.1, -0.05) is 18.6 Å². The molecule has 0 saturated heterocycles. The molecule has 0 saturated carbocycles. The molecule has 4 heteroatoms. The van der Waals surface area contributed by atoms with Gasteiger partial charge < -0.3 is 0 Å². The molecule has 0 heterocycles. The Balaban J connectivity index is 0.000000187. The second-order valence-electron chi connectivity index (χ2n) is 5.28. The third-order valence-electron chi connectivity index (χ3n) is 3.18. The second kappa shape index (κ2) is 10.6. The molecule has 0 bridgehead atoms. The summed E-state index contributed by atoms with van der Waals surface area (Å²) in [5.74, 6) is 0. The molecule has 0 spiro atoms. The summed E-state index contributed by atoms with van der Waals surface area (Å²) >= 11 is -1.65. The standard InChI is InChI=1S/C11H11.C5H5.C2H6Si.2ClH.Zr/c1-8-6-7-9(2)11-5-3-4-10(8)11;1-2-4-5-3-1;1-3-2;;;/h3-7H,1-2H3;1-5H;1-2H3;2*1H;/q2*-1;;;;+2/p-2. The van der Waals surface area contributed by atoms with E-state index in [2.05, 4.69) is 57.3 Å². The smallest absolute Gasteiger partial charge is 0.0488 e. The van der Waals surface area contributed by atoms with Crippen molar-refractivity contribution in [3.05, 3.63) is 71.8 Å². The zero-order chi connectivity index (χ0) is 16.5. The fourth-order valence-corrected chi connectivity index (χ4v) is 1.86. The van der Waals surface area contributed by atoms with Crippen LogP contribution in [0.15, 0.2) is 60.7 Å². The van der Waals surface area contributed by atoms with Crippen LogP contribution in [0.1, 0.15) is 11.1 Å². The van der Waals surface area contributed by atoms with Gasteiger partial charge in [-0.15, -0.1) is 28.5 Å². The minimum absolute atomic E-state index is 0.224. The Morgan fingerprint density at radius 1 is 0.909 bits per heavy atom. The molecule has 22 heavy (non-hydrogen) atoms. The zero-order valence-electron chi connectivity index (χ0n) is 13.5. The minimum atomic E-state index is -1.65. The SMILES string of the molecule is C[Si](C)=[Zr]([Cl])[Cl].Cc1ccc(C)c2[cH-]ccc12.c1cc[cH-]c1. The first-order chi connectivity index (χ1) is 10.4. The Morgan fingerprint density at radius 3 is 1.86 bits per heavy atom. The van der Waals surface area contributed by atoms with Crippen LogP contribution < -0.4 is 0 Å². The van der Waals surface area contributed by atoms with Gasteiger partial charge in [-0.25, -0.2) is 12.1 Å². The van der Waals surface area contributed by atoms with Gasteiger partial charge in [0.05, 0.1) is 0 Å². The fraction of sp³-hybridized carbons (Fsp3) is 0.222. The van der Waals surface area contributed by atoms with E-state index in [1.807, 2.05) is 30.3 Å². The van der Waals surface area contributed by atoms with Gasteiger partial charge in [0, 0.05) is 0 Å². The molecule has 3 aromatic rings. The van der Waals surface area contributed by atoms with Crippen LogP contribution in [0, 0.1) is 13.8 Å². The Hall–Kier alpha value is -0.140. The normalized spacial score (nSPS) is 9.36. The Labute approximate surface area is 149 Å². The molecule has 0 radical (unpaired) electrons. The predicted octanol–water partition coefficient (Wildman–Crippen LogP) is 6.74. The molecule has 3 rings (SSSR count). The van der Waals surface area contributed by atoms with Crippen molar-refractivity contribution < 1.29 is 18.0 Å². The van der Waals surface area contributed by atoms with Crippen LogP contribution in [0.5, 0.6) is 0 Å². The molecule has 0 amide bonds. The van der Waals surface area contributed by atoms with Crippen molar-refractivity contribution in [2.45, 2.75) is 26.9 Å². The number of aryl methyl sites for hydroxylation is 2. The molecule has 118 valence electrons. The first kappa shape index (κ1) is 19.9. The monoisotopic (exact) mass is 426 g/mol. The topological polar surface area (TPSA) is 0 Å². The molecule has 0 aromatic heterocycles. The molecule has 0 N–H and O–H groups in total. The van der Waals surface area contributed by atoms with Crippen molar-refractivity contribution in [1.29, 1.82) is 0 Å². The molecule has 0 aliphatic heterocycles. The zero-order valence-corrected chi connectivity index (χ0v) is 18.5. The molecule has 0 unspecified atom stereocenters. The average molecular weight is 429 g/mol. The summed E-state index contributed by atoms with van der Waals surface area (Å²) in [7, 11) is 11.2. The molecule has 0 atom stereocenters. The van der Waals surface area contributed by atoms with Crippen LogP contribution in [0.2, 0.25) is 13.1 Å². The summed E-state index contributed by atoms with van der Waals surface area (Å²) in [5, 5.41) is 2.79. The van der Waals surface area contributed by atoms with Gasteiger partial charge in [0.2, 0.25) is 0 Å². The third-order valence-corrected chi connectivity index (χ3v) is 22.9. The van der Waals surface area contributed by atoms with Crippen molar-refractivity contribution >= 4 is 33.2 Å². The van der Waals surface area contributed by atoms with Gasteiger partial charge in [-0.2, -0.15) is 30.3 Å².